The van der Waals surface area contributed by atoms with E-state index in [2.05, 4.69) is 7.05 Å². The third kappa shape index (κ3) is 11.8. The largest absolute Gasteiger partial charge is 0.357 e. The number of rotatable bonds is 0. The average molecular weight is 135 g/mol. The van der Waals surface area contributed by atoms with Crippen molar-refractivity contribution in [3.63, 3.8) is 0 Å². The minimum absolute atomic E-state index is 0. The molecule has 0 saturated heterocycles. The van der Waals surface area contributed by atoms with Crippen LogP contribution in [0.4, 0.5) is 0 Å². The average Bonchev–Trinajstić information content (AvgIpc) is 0.918. The van der Waals surface area contributed by atoms with Crippen molar-refractivity contribution in [3.05, 3.63) is 7.05 Å². The van der Waals surface area contributed by atoms with Gasteiger partial charge in [-0.3, -0.25) is 7.05 Å². The molecule has 0 amide bonds. The first kappa shape index (κ1) is 8.90. The van der Waals surface area contributed by atoms with Gasteiger partial charge in [-0.05, 0) is 0 Å². The molecule has 0 aromatic carbocycles. The SMILES string of the molecule is [CH2-]NO.[Y]. The molecule has 0 aromatic heterocycles. The molecule has 0 aromatic rings. The van der Waals surface area contributed by atoms with E-state index in [0.717, 1.165) is 0 Å². The van der Waals surface area contributed by atoms with E-state index in [-0.39, 0.29) is 32.7 Å². The van der Waals surface area contributed by atoms with Gasteiger partial charge in [0.15, 0.2) is 0 Å². The van der Waals surface area contributed by atoms with Gasteiger partial charge in [0.25, 0.3) is 0 Å². The first-order valence-electron chi connectivity index (χ1n) is 0.577. The quantitative estimate of drug-likeness (QED) is 0.354. The molecule has 0 spiro atoms. The Kier molecular flexibility index (Phi) is 20.0. The van der Waals surface area contributed by atoms with Gasteiger partial charge in [-0.15, -0.1) is 0 Å². The second-order valence-electron chi connectivity index (χ2n) is 0.158. The summed E-state index contributed by atoms with van der Waals surface area (Å²) in [6, 6.07) is 0. The minimum Gasteiger partial charge on any atom is -0.357 e. The van der Waals surface area contributed by atoms with Crippen LogP contribution in [0.1, 0.15) is 0 Å². The second-order valence-corrected chi connectivity index (χ2v) is 0.158. The van der Waals surface area contributed by atoms with Crippen molar-refractivity contribution in [3.8, 4) is 0 Å². The zero-order valence-electron chi connectivity index (χ0n) is 2.23. The summed E-state index contributed by atoms with van der Waals surface area (Å²) < 4.78 is 0. The summed E-state index contributed by atoms with van der Waals surface area (Å²) in [6.07, 6.45) is 0. The van der Waals surface area contributed by atoms with Crippen LogP contribution in [0.5, 0.6) is 0 Å². The topological polar surface area (TPSA) is 32.3 Å². The van der Waals surface area contributed by atoms with E-state index >= 15 is 0 Å². The molecular formula is CH4NOY-. The molecule has 3 heteroatoms. The third-order valence-corrected chi connectivity index (χ3v) is 0. The van der Waals surface area contributed by atoms with E-state index in [9.17, 15) is 0 Å². The summed E-state index contributed by atoms with van der Waals surface area (Å²) >= 11 is 0. The summed E-state index contributed by atoms with van der Waals surface area (Å²) in [7, 11) is 2.79. The second kappa shape index (κ2) is 8.98. The van der Waals surface area contributed by atoms with E-state index in [4.69, 9.17) is 5.21 Å². The molecule has 0 fully saturated rings. The molecule has 2 N–H and O–H groups in total. The Balaban J connectivity index is 0. The Bertz CT molecular complexity index is 8.00. The first-order chi connectivity index (χ1) is 1.41. The van der Waals surface area contributed by atoms with Crippen LogP contribution in [0.25, 0.3) is 0 Å². The van der Waals surface area contributed by atoms with E-state index in [0.29, 0.717) is 0 Å². The molecular weight excluding hydrogens is 131 g/mol. The van der Waals surface area contributed by atoms with Gasteiger partial charge in [0.1, 0.15) is 0 Å². The standard InChI is InChI=1S/CH4NO.Y/c1-2-3;/h2-3H,1H2;/q-1;. The Morgan fingerprint density at radius 3 is 1.75 bits per heavy atom. The van der Waals surface area contributed by atoms with Crippen LogP contribution in [0.15, 0.2) is 0 Å². The molecule has 0 aliphatic rings. The summed E-state index contributed by atoms with van der Waals surface area (Å²) in [5, 5.41) is 7.21. The van der Waals surface area contributed by atoms with Crippen LogP contribution in [-0.2, 0) is 32.7 Å². The van der Waals surface area contributed by atoms with Crippen LogP contribution in [0, 0.1) is 7.05 Å². The molecule has 23 valence electrons. The summed E-state index contributed by atoms with van der Waals surface area (Å²) in [6.45, 7) is 0. The predicted octanol–water partition coefficient (Wildman–Crippen LogP) is -0.246. The smallest absolute Gasteiger partial charge is 0 e. The Hall–Kier alpha value is 1.02. The van der Waals surface area contributed by atoms with Crippen molar-refractivity contribution in [2.45, 2.75) is 0 Å². The Morgan fingerprint density at radius 2 is 1.75 bits per heavy atom. The molecule has 0 saturated carbocycles. The predicted molar refractivity (Wildman–Crippen MR) is 10.3 cm³/mol. The summed E-state index contributed by atoms with van der Waals surface area (Å²) in [5.74, 6) is 0. The Morgan fingerprint density at radius 1 is 1.75 bits per heavy atom. The fourth-order valence-electron chi connectivity index (χ4n) is 0. The molecule has 0 bridgehead atoms. The van der Waals surface area contributed by atoms with Gasteiger partial charge in [-0.25, -0.2) is 0 Å². The summed E-state index contributed by atoms with van der Waals surface area (Å²) in [4.78, 5) is 0. The Labute approximate surface area is 50.4 Å². The van der Waals surface area contributed by atoms with E-state index in [1.807, 2.05) is 0 Å². The van der Waals surface area contributed by atoms with Gasteiger partial charge >= 0.3 is 0 Å². The molecule has 1 radical (unpaired) electrons. The van der Waals surface area contributed by atoms with Crippen molar-refractivity contribution < 1.29 is 37.9 Å². The normalized spacial score (nSPS) is 4.50. The number of hydroxylamine groups is 1. The van der Waals surface area contributed by atoms with Gasteiger partial charge in [-0.1, -0.05) is 0 Å². The van der Waals surface area contributed by atoms with Crippen LogP contribution >= 0.6 is 0 Å². The van der Waals surface area contributed by atoms with Gasteiger partial charge in [0, 0.05) is 32.7 Å². The van der Waals surface area contributed by atoms with Crippen LogP contribution in [-0.4, -0.2) is 5.21 Å². The molecule has 0 aliphatic heterocycles. The molecule has 0 aliphatic carbocycles. The van der Waals surface area contributed by atoms with Crippen molar-refractivity contribution in [1.82, 2.24) is 5.48 Å². The maximum atomic E-state index is 7.21. The molecule has 0 atom stereocenters. The zero-order chi connectivity index (χ0) is 2.71. The van der Waals surface area contributed by atoms with Crippen molar-refractivity contribution in [1.29, 1.82) is 0 Å². The van der Waals surface area contributed by atoms with Gasteiger partial charge in [-0.2, -0.15) is 0 Å². The van der Waals surface area contributed by atoms with Gasteiger partial charge in [0.2, 0.25) is 0 Å². The summed E-state index contributed by atoms with van der Waals surface area (Å²) in [5.41, 5.74) is 1.50. The molecule has 0 rings (SSSR count). The number of hydrogen-bond donors (Lipinski definition) is 2. The maximum absolute atomic E-state index is 7.21. The third-order valence-electron chi connectivity index (χ3n) is 0. The van der Waals surface area contributed by atoms with E-state index < -0.39 is 0 Å². The minimum atomic E-state index is 0. The van der Waals surface area contributed by atoms with Crippen LogP contribution in [0.3, 0.4) is 0 Å². The number of hydrogen-bond acceptors (Lipinski definition) is 2. The van der Waals surface area contributed by atoms with E-state index in [1.165, 1.54) is 5.48 Å². The van der Waals surface area contributed by atoms with Gasteiger partial charge < -0.3 is 10.7 Å². The van der Waals surface area contributed by atoms with Crippen molar-refractivity contribution in [2.24, 2.45) is 0 Å². The van der Waals surface area contributed by atoms with Gasteiger partial charge in [0.05, 0.1) is 0 Å². The van der Waals surface area contributed by atoms with Crippen LogP contribution < -0.4 is 5.48 Å². The monoisotopic (exact) mass is 135 g/mol. The van der Waals surface area contributed by atoms with E-state index in [1.54, 1.807) is 0 Å². The van der Waals surface area contributed by atoms with Crippen molar-refractivity contribution >= 4 is 0 Å². The first-order valence-corrected chi connectivity index (χ1v) is 0.577. The fourth-order valence-corrected chi connectivity index (χ4v) is 0. The molecule has 2 nitrogen and oxygen atoms in total. The molecule has 0 unspecified atom stereocenters. The molecule has 0 heterocycles. The van der Waals surface area contributed by atoms with Crippen molar-refractivity contribution in [2.75, 3.05) is 0 Å². The zero-order valence-corrected chi connectivity index (χ0v) is 5.07. The fraction of sp³-hybridized carbons (Fsp3) is 0. The maximum Gasteiger partial charge on any atom is 0 e. The van der Waals surface area contributed by atoms with Crippen LogP contribution in [0.2, 0.25) is 0 Å². The molecule has 4 heavy (non-hydrogen) atoms. The number of nitrogens with one attached hydrogen (secondary N) is 1.